The molecule has 0 atom stereocenters. The molecular formula is C17H22N2O2. The van der Waals surface area contributed by atoms with Gasteiger partial charge in [-0.2, -0.15) is 0 Å². The third-order valence-corrected chi connectivity index (χ3v) is 3.05. The number of nitrogens with zero attached hydrogens (tertiary/aromatic N) is 1. The molecular weight excluding hydrogens is 264 g/mol. The van der Waals surface area contributed by atoms with Gasteiger partial charge in [0.2, 0.25) is 5.88 Å². The fourth-order valence-corrected chi connectivity index (χ4v) is 1.99. The molecule has 0 saturated carbocycles. The van der Waals surface area contributed by atoms with Crippen LogP contribution in [0.4, 0.5) is 0 Å². The molecule has 2 aromatic rings. The Hall–Kier alpha value is -1.91. The first kappa shape index (κ1) is 15.5. The molecule has 1 aromatic heterocycles. The Morgan fingerprint density at radius 1 is 1.10 bits per heavy atom. The first-order valence-corrected chi connectivity index (χ1v) is 7.19. The first-order valence-electron chi connectivity index (χ1n) is 7.19. The van der Waals surface area contributed by atoms with Gasteiger partial charge in [0.25, 0.3) is 0 Å². The Morgan fingerprint density at radius 2 is 1.81 bits per heavy atom. The molecule has 2 rings (SSSR count). The summed E-state index contributed by atoms with van der Waals surface area (Å²) in [5.74, 6) is 0.690. The van der Waals surface area contributed by atoms with Crippen LogP contribution in [0.2, 0.25) is 0 Å². The van der Waals surface area contributed by atoms with E-state index in [-0.39, 0.29) is 12.7 Å². The number of pyridine rings is 1. The van der Waals surface area contributed by atoms with Crippen molar-refractivity contribution in [1.29, 1.82) is 0 Å². The van der Waals surface area contributed by atoms with Crippen molar-refractivity contribution in [3.8, 4) is 5.88 Å². The standard InChI is InChI=1S/C17H22N2O2/c1-13(2)21-17-16(4-3-9-19-17)11-18-10-14-5-7-15(12-20)8-6-14/h3-9,13,18,20H,10-12H2,1-2H3. The average molecular weight is 286 g/mol. The Balaban J connectivity index is 1.90. The van der Waals surface area contributed by atoms with Gasteiger partial charge in [-0.3, -0.25) is 0 Å². The molecule has 1 aromatic carbocycles. The van der Waals surface area contributed by atoms with Gasteiger partial charge in [0.1, 0.15) is 0 Å². The van der Waals surface area contributed by atoms with Gasteiger partial charge in [-0.05, 0) is 31.0 Å². The minimum atomic E-state index is 0.0826. The number of benzene rings is 1. The van der Waals surface area contributed by atoms with Crippen molar-refractivity contribution in [1.82, 2.24) is 10.3 Å². The fourth-order valence-electron chi connectivity index (χ4n) is 1.99. The molecule has 0 spiro atoms. The summed E-state index contributed by atoms with van der Waals surface area (Å²) in [6, 6.07) is 11.9. The summed E-state index contributed by atoms with van der Waals surface area (Å²) < 4.78 is 5.70. The van der Waals surface area contributed by atoms with Crippen molar-refractivity contribution in [3.05, 3.63) is 59.3 Å². The van der Waals surface area contributed by atoms with Crippen LogP contribution < -0.4 is 10.1 Å². The summed E-state index contributed by atoms with van der Waals surface area (Å²) in [6.07, 6.45) is 1.86. The highest BCUT2D eigenvalue weighted by Crippen LogP contribution is 2.15. The summed E-state index contributed by atoms with van der Waals surface area (Å²) in [7, 11) is 0. The van der Waals surface area contributed by atoms with Crippen molar-refractivity contribution in [2.75, 3.05) is 0 Å². The SMILES string of the molecule is CC(C)Oc1ncccc1CNCc1ccc(CO)cc1. The van der Waals surface area contributed by atoms with E-state index in [1.165, 1.54) is 5.56 Å². The number of aromatic nitrogens is 1. The van der Waals surface area contributed by atoms with Crippen LogP contribution in [0, 0.1) is 0 Å². The quantitative estimate of drug-likeness (QED) is 0.821. The predicted molar refractivity (Wildman–Crippen MR) is 82.9 cm³/mol. The zero-order valence-electron chi connectivity index (χ0n) is 12.5. The number of nitrogens with one attached hydrogen (secondary N) is 1. The summed E-state index contributed by atoms with van der Waals surface area (Å²) in [6.45, 7) is 5.54. The van der Waals surface area contributed by atoms with Crippen LogP contribution in [0.15, 0.2) is 42.6 Å². The highest BCUT2D eigenvalue weighted by molar-refractivity contribution is 5.26. The molecule has 0 fully saturated rings. The van der Waals surface area contributed by atoms with Gasteiger partial charge >= 0.3 is 0 Å². The van der Waals surface area contributed by atoms with E-state index in [2.05, 4.69) is 10.3 Å². The fraction of sp³-hybridized carbons (Fsp3) is 0.353. The molecule has 0 amide bonds. The van der Waals surface area contributed by atoms with Gasteiger partial charge in [-0.15, -0.1) is 0 Å². The lowest BCUT2D eigenvalue weighted by molar-refractivity contribution is 0.229. The van der Waals surface area contributed by atoms with Crippen molar-refractivity contribution in [3.63, 3.8) is 0 Å². The number of hydrogen-bond donors (Lipinski definition) is 2. The normalized spacial score (nSPS) is 10.9. The van der Waals surface area contributed by atoms with Gasteiger partial charge in [0, 0.05) is 24.8 Å². The molecule has 0 saturated heterocycles. The van der Waals surface area contributed by atoms with Gasteiger partial charge in [0.05, 0.1) is 12.7 Å². The molecule has 112 valence electrons. The second-order valence-electron chi connectivity index (χ2n) is 5.21. The van der Waals surface area contributed by atoms with Crippen molar-refractivity contribution >= 4 is 0 Å². The van der Waals surface area contributed by atoms with Crippen LogP contribution in [0.5, 0.6) is 5.88 Å². The van der Waals surface area contributed by atoms with Crippen LogP contribution in [0.25, 0.3) is 0 Å². The lowest BCUT2D eigenvalue weighted by atomic mass is 10.1. The molecule has 2 N–H and O–H groups in total. The third-order valence-electron chi connectivity index (χ3n) is 3.05. The Morgan fingerprint density at radius 3 is 2.48 bits per heavy atom. The zero-order valence-corrected chi connectivity index (χ0v) is 12.5. The molecule has 4 nitrogen and oxygen atoms in total. The number of aliphatic hydroxyl groups excluding tert-OH is 1. The largest absolute Gasteiger partial charge is 0.475 e. The molecule has 0 radical (unpaired) electrons. The molecule has 0 aliphatic heterocycles. The molecule has 21 heavy (non-hydrogen) atoms. The van der Waals surface area contributed by atoms with E-state index in [1.54, 1.807) is 6.20 Å². The summed E-state index contributed by atoms with van der Waals surface area (Å²) in [4.78, 5) is 4.28. The Bertz CT molecular complexity index is 553. The molecule has 0 unspecified atom stereocenters. The lowest BCUT2D eigenvalue weighted by Crippen LogP contribution is -2.15. The molecule has 0 aliphatic rings. The molecule has 4 heteroatoms. The number of aliphatic hydroxyl groups is 1. The van der Waals surface area contributed by atoms with E-state index in [4.69, 9.17) is 9.84 Å². The van der Waals surface area contributed by atoms with E-state index in [9.17, 15) is 0 Å². The molecule has 0 bridgehead atoms. The van der Waals surface area contributed by atoms with Crippen molar-refractivity contribution in [2.24, 2.45) is 0 Å². The van der Waals surface area contributed by atoms with Crippen molar-refractivity contribution in [2.45, 2.75) is 39.6 Å². The average Bonchev–Trinajstić information content (AvgIpc) is 2.49. The summed E-state index contributed by atoms with van der Waals surface area (Å²) in [5, 5.41) is 12.4. The smallest absolute Gasteiger partial charge is 0.218 e. The summed E-state index contributed by atoms with van der Waals surface area (Å²) >= 11 is 0. The van der Waals surface area contributed by atoms with Crippen LogP contribution in [-0.2, 0) is 19.7 Å². The van der Waals surface area contributed by atoms with Gasteiger partial charge < -0.3 is 15.2 Å². The van der Waals surface area contributed by atoms with Gasteiger partial charge in [0.15, 0.2) is 0 Å². The molecule has 1 heterocycles. The predicted octanol–water partition coefficient (Wildman–Crippen LogP) is 2.65. The van der Waals surface area contributed by atoms with Gasteiger partial charge in [-0.25, -0.2) is 4.98 Å². The summed E-state index contributed by atoms with van der Waals surface area (Å²) in [5.41, 5.74) is 3.17. The number of rotatable bonds is 7. The minimum Gasteiger partial charge on any atom is -0.475 e. The third kappa shape index (κ3) is 4.85. The second-order valence-corrected chi connectivity index (χ2v) is 5.21. The monoisotopic (exact) mass is 286 g/mol. The van der Waals surface area contributed by atoms with E-state index >= 15 is 0 Å². The Kier molecular flexibility index (Phi) is 5.72. The maximum absolute atomic E-state index is 9.02. The van der Waals surface area contributed by atoms with E-state index < -0.39 is 0 Å². The maximum Gasteiger partial charge on any atom is 0.218 e. The minimum absolute atomic E-state index is 0.0826. The van der Waals surface area contributed by atoms with E-state index in [1.807, 2.05) is 50.2 Å². The van der Waals surface area contributed by atoms with Crippen LogP contribution in [0.3, 0.4) is 0 Å². The topological polar surface area (TPSA) is 54.4 Å². The number of hydrogen-bond acceptors (Lipinski definition) is 4. The Labute approximate surface area is 125 Å². The first-order chi connectivity index (χ1) is 10.2. The highest BCUT2D eigenvalue weighted by atomic mass is 16.5. The van der Waals surface area contributed by atoms with Crippen LogP contribution in [-0.4, -0.2) is 16.2 Å². The zero-order chi connectivity index (χ0) is 15.1. The number of ether oxygens (including phenoxy) is 1. The van der Waals surface area contributed by atoms with Crippen LogP contribution in [0.1, 0.15) is 30.5 Å². The highest BCUT2D eigenvalue weighted by Gasteiger charge is 2.06. The second kappa shape index (κ2) is 7.76. The molecule has 0 aliphatic carbocycles. The van der Waals surface area contributed by atoms with Crippen molar-refractivity contribution < 1.29 is 9.84 Å². The maximum atomic E-state index is 9.02. The van der Waals surface area contributed by atoms with Gasteiger partial charge in [-0.1, -0.05) is 30.3 Å². The van der Waals surface area contributed by atoms with E-state index in [0.717, 1.165) is 17.7 Å². The van der Waals surface area contributed by atoms with E-state index in [0.29, 0.717) is 12.4 Å². The van der Waals surface area contributed by atoms with Crippen LogP contribution >= 0.6 is 0 Å². The lowest BCUT2D eigenvalue weighted by Gasteiger charge is -2.13.